The molecule has 0 aliphatic rings. The summed E-state index contributed by atoms with van der Waals surface area (Å²) in [6.45, 7) is 8.80. The molecule has 0 saturated heterocycles. The van der Waals surface area contributed by atoms with E-state index in [9.17, 15) is 0 Å². The summed E-state index contributed by atoms with van der Waals surface area (Å²) in [5.74, 6) is 0.888. The lowest BCUT2D eigenvalue weighted by Crippen LogP contribution is -2.21. The topological polar surface area (TPSA) is 87.3 Å². The summed E-state index contributed by atoms with van der Waals surface area (Å²) >= 11 is 0. The molecule has 0 radical (unpaired) electrons. The van der Waals surface area contributed by atoms with E-state index < -0.39 is 0 Å². The number of hydrogen-bond acceptors (Lipinski definition) is 4. The van der Waals surface area contributed by atoms with Crippen molar-refractivity contribution in [2.75, 3.05) is 20.7 Å². The second-order valence-corrected chi connectivity index (χ2v) is 7.81. The largest absolute Gasteiger partial charge is 0.497 e. The lowest BCUT2D eigenvalue weighted by Gasteiger charge is -2.29. The highest BCUT2D eigenvalue weighted by Gasteiger charge is 2.25. The Balaban J connectivity index is 0.00000249. The maximum atomic E-state index is 5.62. The Bertz CT molecular complexity index is 922. The Morgan fingerprint density at radius 2 is 1.69 bits per heavy atom. The zero-order valence-electron chi connectivity index (χ0n) is 20.0. The van der Waals surface area contributed by atoms with Gasteiger partial charge in [-0.3, -0.25) is 0 Å². The van der Waals surface area contributed by atoms with Crippen LogP contribution in [0.4, 0.5) is 0 Å². The highest BCUT2D eigenvalue weighted by molar-refractivity contribution is 5.54. The zero-order valence-corrected chi connectivity index (χ0v) is 20.0. The van der Waals surface area contributed by atoms with Gasteiger partial charge in [0, 0.05) is 17.7 Å². The van der Waals surface area contributed by atoms with Crippen LogP contribution in [-0.2, 0) is 11.8 Å². The SMILES string of the molecule is C=C(N)/C=C/c1ccc(C(C)(C)c2ccc(OC)cc2CC/C=C\C=C/CN)cc1.CN. The zero-order chi connectivity index (χ0) is 24.0. The average Bonchev–Trinajstić information content (AvgIpc) is 2.81. The summed E-state index contributed by atoms with van der Waals surface area (Å²) in [5, 5.41) is 0. The summed E-state index contributed by atoms with van der Waals surface area (Å²) in [5.41, 5.74) is 21.0. The minimum Gasteiger partial charge on any atom is -0.497 e. The molecule has 0 spiro atoms. The van der Waals surface area contributed by atoms with Crippen molar-refractivity contribution >= 4 is 6.08 Å². The molecule has 0 aromatic heterocycles. The van der Waals surface area contributed by atoms with Crippen molar-refractivity contribution in [3.63, 3.8) is 0 Å². The Labute approximate surface area is 194 Å². The fourth-order valence-electron chi connectivity index (χ4n) is 3.45. The number of methoxy groups -OCH3 is 1. The molecule has 0 fully saturated rings. The van der Waals surface area contributed by atoms with Gasteiger partial charge in [-0.2, -0.15) is 0 Å². The summed E-state index contributed by atoms with van der Waals surface area (Å²) in [6.07, 6.45) is 13.9. The van der Waals surface area contributed by atoms with Crippen LogP contribution in [0.3, 0.4) is 0 Å². The molecule has 2 aromatic rings. The molecule has 32 heavy (non-hydrogen) atoms. The Kier molecular flexibility index (Phi) is 11.9. The van der Waals surface area contributed by atoms with E-state index in [0.717, 1.165) is 24.2 Å². The molecule has 0 atom stereocenters. The van der Waals surface area contributed by atoms with Crippen molar-refractivity contribution in [1.82, 2.24) is 0 Å². The normalized spacial score (nSPS) is 11.7. The summed E-state index contributed by atoms with van der Waals surface area (Å²) in [6, 6.07) is 15.0. The van der Waals surface area contributed by atoms with Crippen LogP contribution in [0.5, 0.6) is 5.75 Å². The Morgan fingerprint density at radius 1 is 1.03 bits per heavy atom. The van der Waals surface area contributed by atoms with E-state index in [4.69, 9.17) is 16.2 Å². The van der Waals surface area contributed by atoms with E-state index in [0.29, 0.717) is 12.2 Å². The Morgan fingerprint density at radius 3 is 2.28 bits per heavy atom. The van der Waals surface area contributed by atoms with Crippen LogP contribution in [0, 0.1) is 0 Å². The van der Waals surface area contributed by atoms with Gasteiger partial charge < -0.3 is 21.9 Å². The van der Waals surface area contributed by atoms with Crippen molar-refractivity contribution < 1.29 is 4.74 Å². The molecule has 4 heteroatoms. The molecular formula is C28H39N3O. The number of rotatable bonds is 10. The summed E-state index contributed by atoms with van der Waals surface area (Å²) in [4.78, 5) is 0. The highest BCUT2D eigenvalue weighted by Crippen LogP contribution is 2.36. The molecule has 2 aromatic carbocycles. The van der Waals surface area contributed by atoms with Gasteiger partial charge in [-0.25, -0.2) is 0 Å². The molecule has 0 amide bonds. The number of nitrogens with two attached hydrogens (primary N) is 3. The van der Waals surface area contributed by atoms with E-state index >= 15 is 0 Å². The van der Waals surface area contributed by atoms with E-state index in [2.05, 4.69) is 74.7 Å². The van der Waals surface area contributed by atoms with E-state index in [1.165, 1.54) is 23.7 Å². The van der Waals surface area contributed by atoms with Crippen molar-refractivity contribution in [1.29, 1.82) is 0 Å². The molecule has 172 valence electrons. The third-order valence-electron chi connectivity index (χ3n) is 5.21. The number of ether oxygens (including phenoxy) is 1. The standard InChI is InChI=1S/C27H34N2O.CH5N/c1-21(29)11-12-22-13-15-24(16-14-22)27(2,3)26-18-17-25(30-4)20-23(26)10-8-6-5-7-9-19-28;1-2/h5-7,9,11-18,20H,1,8,10,19,28-29H2,2-4H3;2H2,1H3/b6-5-,9-7-,12-11+;. The molecule has 0 aliphatic carbocycles. The van der Waals surface area contributed by atoms with Crippen LogP contribution >= 0.6 is 0 Å². The fraction of sp³-hybridized carbons (Fsp3) is 0.286. The van der Waals surface area contributed by atoms with Crippen LogP contribution in [0.25, 0.3) is 6.08 Å². The number of hydrogen-bond donors (Lipinski definition) is 3. The molecule has 6 N–H and O–H groups in total. The van der Waals surface area contributed by atoms with Gasteiger partial charge in [0.05, 0.1) is 7.11 Å². The van der Waals surface area contributed by atoms with Crippen LogP contribution in [0.15, 0.2) is 85.1 Å². The predicted molar refractivity (Wildman–Crippen MR) is 140 cm³/mol. The first-order valence-electron chi connectivity index (χ1n) is 10.9. The van der Waals surface area contributed by atoms with Crippen LogP contribution in [0.2, 0.25) is 0 Å². The predicted octanol–water partition coefficient (Wildman–Crippen LogP) is 5.09. The van der Waals surface area contributed by atoms with E-state index in [-0.39, 0.29) is 5.41 Å². The molecule has 0 saturated carbocycles. The van der Waals surface area contributed by atoms with Crippen molar-refractivity contribution in [3.8, 4) is 5.75 Å². The second-order valence-electron chi connectivity index (χ2n) is 7.81. The summed E-state index contributed by atoms with van der Waals surface area (Å²) < 4.78 is 5.48. The minimum absolute atomic E-state index is 0.134. The molecule has 0 unspecified atom stereocenters. The molecule has 0 aliphatic heterocycles. The number of benzene rings is 2. The first kappa shape index (κ1) is 27.0. The van der Waals surface area contributed by atoms with Gasteiger partial charge in [-0.15, -0.1) is 0 Å². The molecular weight excluding hydrogens is 394 g/mol. The molecule has 0 heterocycles. The lowest BCUT2D eigenvalue weighted by molar-refractivity contribution is 0.413. The quantitative estimate of drug-likeness (QED) is 0.456. The third-order valence-corrected chi connectivity index (χ3v) is 5.21. The number of allylic oxidation sites excluding steroid dienone is 4. The highest BCUT2D eigenvalue weighted by atomic mass is 16.5. The average molecular weight is 434 g/mol. The maximum Gasteiger partial charge on any atom is 0.119 e. The van der Waals surface area contributed by atoms with E-state index in [1.54, 1.807) is 7.11 Å². The smallest absolute Gasteiger partial charge is 0.119 e. The van der Waals surface area contributed by atoms with E-state index in [1.807, 2.05) is 30.4 Å². The van der Waals surface area contributed by atoms with Gasteiger partial charge in [-0.1, -0.05) is 81.1 Å². The number of aryl methyl sites for hydroxylation is 1. The lowest BCUT2D eigenvalue weighted by atomic mass is 9.75. The van der Waals surface area contributed by atoms with Gasteiger partial charge in [0.25, 0.3) is 0 Å². The van der Waals surface area contributed by atoms with Gasteiger partial charge in [0.1, 0.15) is 5.75 Å². The van der Waals surface area contributed by atoms with Crippen molar-refractivity contribution in [2.24, 2.45) is 17.2 Å². The first-order valence-corrected chi connectivity index (χ1v) is 10.9. The van der Waals surface area contributed by atoms with Crippen molar-refractivity contribution in [3.05, 3.63) is 107 Å². The van der Waals surface area contributed by atoms with Gasteiger partial charge in [-0.05, 0) is 60.4 Å². The molecule has 2 rings (SSSR count). The van der Waals surface area contributed by atoms with Crippen molar-refractivity contribution in [2.45, 2.75) is 32.1 Å². The summed E-state index contributed by atoms with van der Waals surface area (Å²) in [7, 11) is 3.21. The fourth-order valence-corrected chi connectivity index (χ4v) is 3.45. The maximum absolute atomic E-state index is 5.62. The van der Waals surface area contributed by atoms with Gasteiger partial charge in [0.2, 0.25) is 0 Å². The van der Waals surface area contributed by atoms with Crippen LogP contribution in [-0.4, -0.2) is 20.7 Å². The molecule has 4 nitrogen and oxygen atoms in total. The first-order chi connectivity index (χ1) is 15.4. The van der Waals surface area contributed by atoms with Gasteiger partial charge >= 0.3 is 0 Å². The second kappa shape index (κ2) is 14.1. The molecule has 0 bridgehead atoms. The third kappa shape index (κ3) is 8.22. The minimum atomic E-state index is -0.134. The Hall–Kier alpha value is -3.08. The van der Waals surface area contributed by atoms with Crippen LogP contribution in [0.1, 0.15) is 42.5 Å². The van der Waals surface area contributed by atoms with Gasteiger partial charge in [0.15, 0.2) is 0 Å². The van der Waals surface area contributed by atoms with Crippen LogP contribution < -0.4 is 21.9 Å². The monoisotopic (exact) mass is 433 g/mol.